The van der Waals surface area contributed by atoms with E-state index in [1.54, 1.807) is 0 Å². The van der Waals surface area contributed by atoms with Crippen molar-refractivity contribution in [3.8, 4) is 0 Å². The van der Waals surface area contributed by atoms with Crippen LogP contribution in [-0.4, -0.2) is 24.2 Å². The van der Waals surface area contributed by atoms with E-state index >= 15 is 0 Å². The fourth-order valence-electron chi connectivity index (χ4n) is 0.614. The van der Waals surface area contributed by atoms with Crippen LogP contribution in [0.2, 0.25) is 0 Å². The van der Waals surface area contributed by atoms with Crippen LogP contribution in [0.4, 0.5) is 0 Å². The molecule has 0 aliphatic rings. The zero-order valence-corrected chi connectivity index (χ0v) is 7.66. The molecule has 72 valence electrons. The van der Waals surface area contributed by atoms with E-state index in [1.165, 1.54) is 0 Å². The maximum absolute atomic E-state index is 10.4. The fraction of sp³-hybridized carbons (Fsp3) is 0.800. The molecular formula is C5H14N2O4P+. The van der Waals surface area contributed by atoms with E-state index in [1.807, 2.05) is 0 Å². The Balaban J connectivity index is 0. The molecule has 6 nitrogen and oxygen atoms in total. The van der Waals surface area contributed by atoms with Crippen molar-refractivity contribution in [3.63, 3.8) is 0 Å². The molecule has 2 unspecified atom stereocenters. The van der Waals surface area contributed by atoms with Gasteiger partial charge < -0.3 is 17.0 Å². The van der Waals surface area contributed by atoms with Crippen LogP contribution < -0.4 is 11.9 Å². The van der Waals surface area contributed by atoms with Gasteiger partial charge in [0.05, 0.1) is 5.92 Å². The van der Waals surface area contributed by atoms with Gasteiger partial charge in [-0.15, -0.1) is 4.52 Å². The molecule has 2 atom stereocenters. The molecule has 0 rings (SSSR count). The Bertz CT molecular complexity index is 143. The molecule has 0 saturated heterocycles. The number of nitrogens with two attached hydrogens (primary N) is 1. The van der Waals surface area contributed by atoms with Crippen molar-refractivity contribution < 1.29 is 19.0 Å². The Kier molecular flexibility index (Phi) is 9.97. The van der Waals surface area contributed by atoms with E-state index in [0.717, 1.165) is 0 Å². The third-order valence-corrected chi connectivity index (χ3v) is 1.49. The van der Waals surface area contributed by atoms with E-state index in [4.69, 9.17) is 10.8 Å². The number of rotatable bonds is 6. The van der Waals surface area contributed by atoms with Crippen molar-refractivity contribution in [1.82, 2.24) is 6.15 Å². The van der Waals surface area contributed by atoms with Gasteiger partial charge in [-0.1, -0.05) is 0 Å². The first-order valence-corrected chi connectivity index (χ1v) is 3.95. The van der Waals surface area contributed by atoms with Crippen LogP contribution in [0.1, 0.15) is 6.42 Å². The lowest BCUT2D eigenvalue weighted by Gasteiger charge is -2.04. The molecule has 0 bridgehead atoms. The molecule has 0 aromatic carbocycles. The summed E-state index contributed by atoms with van der Waals surface area (Å²) in [6.45, 7) is 0.261. The predicted octanol–water partition coefficient (Wildman–Crippen LogP) is 0.154. The van der Waals surface area contributed by atoms with Gasteiger partial charge in [-0.25, -0.2) is 0 Å². The second-order valence-corrected chi connectivity index (χ2v) is 2.46. The molecular weight excluding hydrogens is 183 g/mol. The Morgan fingerprint density at radius 1 is 1.67 bits per heavy atom. The third-order valence-electron chi connectivity index (χ3n) is 1.21. The van der Waals surface area contributed by atoms with E-state index < -0.39 is 20.6 Å². The number of hydrogen-bond acceptors (Lipinski definition) is 5. The Morgan fingerprint density at radius 3 is 2.58 bits per heavy atom. The highest BCUT2D eigenvalue weighted by molar-refractivity contribution is 7.17. The van der Waals surface area contributed by atoms with Crippen molar-refractivity contribution >= 4 is 14.7 Å². The Labute approximate surface area is 72.0 Å². The second-order valence-electron chi connectivity index (χ2n) is 2.01. The first-order chi connectivity index (χ1) is 5.22. The quantitative estimate of drug-likeness (QED) is 0.520. The number of carboxylic acids is 1. The normalized spacial score (nSPS) is 12.1. The van der Waals surface area contributed by atoms with E-state index in [-0.39, 0.29) is 12.8 Å². The summed E-state index contributed by atoms with van der Waals surface area (Å²) in [7, 11) is -0.906. The minimum atomic E-state index is -0.964. The van der Waals surface area contributed by atoms with Crippen LogP contribution in [0, 0.1) is 5.92 Å². The lowest BCUT2D eigenvalue weighted by atomic mass is 10.1. The lowest BCUT2D eigenvalue weighted by molar-refractivity contribution is -0.142. The zero-order valence-electron chi connectivity index (χ0n) is 6.66. The van der Waals surface area contributed by atoms with Crippen molar-refractivity contribution in [2.75, 3.05) is 13.2 Å². The van der Waals surface area contributed by atoms with E-state index in [0.29, 0.717) is 13.0 Å². The molecule has 0 aliphatic carbocycles. The first-order valence-electron chi connectivity index (χ1n) is 3.14. The van der Waals surface area contributed by atoms with Gasteiger partial charge in [0.2, 0.25) is 0 Å². The lowest BCUT2D eigenvalue weighted by Crippen LogP contribution is -2.21. The average Bonchev–Trinajstić information content (AvgIpc) is 1.97. The Morgan fingerprint density at radius 2 is 2.25 bits per heavy atom. The fourth-order valence-corrected chi connectivity index (χ4v) is 0.883. The third kappa shape index (κ3) is 6.18. The molecule has 6 N–H and O–H groups in total. The minimum absolute atomic E-state index is 0. The van der Waals surface area contributed by atoms with Crippen LogP contribution in [0.15, 0.2) is 0 Å². The number of carbonyl (C=O) groups is 1. The predicted molar refractivity (Wildman–Crippen MR) is 44.8 cm³/mol. The summed E-state index contributed by atoms with van der Waals surface area (Å²) >= 11 is 0. The molecule has 0 amide bonds. The van der Waals surface area contributed by atoms with Gasteiger partial charge in [0.15, 0.2) is 0 Å². The SMILES string of the molecule is N.NCCC(CO[PH+]=O)C(=O)O. The molecule has 12 heavy (non-hydrogen) atoms. The van der Waals surface area contributed by atoms with E-state index in [2.05, 4.69) is 4.52 Å². The van der Waals surface area contributed by atoms with Gasteiger partial charge in [-0.3, -0.25) is 4.79 Å². The molecule has 0 aliphatic heterocycles. The van der Waals surface area contributed by atoms with Crippen LogP contribution in [-0.2, 0) is 13.9 Å². The van der Waals surface area contributed by atoms with Crippen LogP contribution in [0.5, 0.6) is 0 Å². The van der Waals surface area contributed by atoms with Gasteiger partial charge in [0.25, 0.3) is 0 Å². The summed E-state index contributed by atoms with van der Waals surface area (Å²) in [5.41, 5.74) is 5.14. The second kappa shape index (κ2) is 8.55. The number of hydrogen-bond donors (Lipinski definition) is 3. The van der Waals surface area contributed by atoms with Gasteiger partial charge in [0.1, 0.15) is 6.61 Å². The molecule has 0 fully saturated rings. The number of carboxylic acid groups (broad SMARTS) is 1. The van der Waals surface area contributed by atoms with Crippen molar-refractivity contribution in [1.29, 1.82) is 0 Å². The van der Waals surface area contributed by atoms with Crippen molar-refractivity contribution in [3.05, 3.63) is 0 Å². The van der Waals surface area contributed by atoms with Crippen LogP contribution >= 0.6 is 8.69 Å². The van der Waals surface area contributed by atoms with Crippen molar-refractivity contribution in [2.45, 2.75) is 6.42 Å². The maximum atomic E-state index is 10.4. The van der Waals surface area contributed by atoms with Gasteiger partial charge in [0, 0.05) is 0 Å². The summed E-state index contributed by atoms with van der Waals surface area (Å²) < 4.78 is 14.3. The van der Waals surface area contributed by atoms with Gasteiger partial charge >= 0.3 is 14.7 Å². The summed E-state index contributed by atoms with van der Waals surface area (Å²) in [6.07, 6.45) is 0.347. The summed E-state index contributed by atoms with van der Waals surface area (Å²) in [6, 6.07) is 0. The molecule has 0 aromatic rings. The largest absolute Gasteiger partial charge is 0.494 e. The van der Waals surface area contributed by atoms with Crippen LogP contribution in [0.25, 0.3) is 0 Å². The first kappa shape index (κ1) is 14.0. The molecule has 0 spiro atoms. The molecule has 0 aromatic heterocycles. The summed E-state index contributed by atoms with van der Waals surface area (Å²) in [5, 5.41) is 8.50. The highest BCUT2D eigenvalue weighted by Gasteiger charge is 2.18. The van der Waals surface area contributed by atoms with Gasteiger partial charge in [-0.2, -0.15) is 0 Å². The average molecular weight is 197 g/mol. The molecule has 0 heterocycles. The highest BCUT2D eigenvalue weighted by atomic mass is 31.1. The summed E-state index contributed by atoms with van der Waals surface area (Å²) in [5.74, 6) is -1.60. The van der Waals surface area contributed by atoms with Gasteiger partial charge in [-0.05, 0) is 17.5 Å². The smallest absolute Gasteiger partial charge is 0.481 e. The molecule has 0 saturated carbocycles. The van der Waals surface area contributed by atoms with Crippen LogP contribution in [0.3, 0.4) is 0 Å². The number of aliphatic carboxylic acids is 1. The molecule has 7 heteroatoms. The standard InChI is InChI=1S/C5H10NO4P.H3N/c6-2-1-4(5(7)8)3-10-11-9;/h4,11H,1-3,6H2;1H3/p+1. The van der Waals surface area contributed by atoms with E-state index in [9.17, 15) is 9.36 Å². The summed E-state index contributed by atoms with van der Waals surface area (Å²) in [4.78, 5) is 10.4. The monoisotopic (exact) mass is 197 g/mol. The highest BCUT2D eigenvalue weighted by Crippen LogP contribution is 2.06. The van der Waals surface area contributed by atoms with Crippen molar-refractivity contribution in [2.24, 2.45) is 11.7 Å². The topological polar surface area (TPSA) is 125 Å². The minimum Gasteiger partial charge on any atom is -0.481 e. The Hall–Kier alpha value is -0.550. The zero-order chi connectivity index (χ0) is 8.69. The maximum Gasteiger partial charge on any atom is 0.494 e. The molecule has 0 radical (unpaired) electrons.